The Morgan fingerprint density at radius 3 is 2.94 bits per heavy atom. The number of nitrogens with one attached hydrogen (secondary N) is 1. The van der Waals surface area contributed by atoms with Crippen LogP contribution in [0.1, 0.15) is 10.7 Å². The lowest BCUT2D eigenvalue weighted by atomic mass is 10.1. The number of hydrogen-bond donors (Lipinski definition) is 1. The molecule has 1 aromatic carbocycles. The quantitative estimate of drug-likeness (QED) is 0.903. The highest BCUT2D eigenvalue weighted by Crippen LogP contribution is 2.31. The third-order valence-electron chi connectivity index (χ3n) is 2.50. The van der Waals surface area contributed by atoms with Crippen LogP contribution in [0, 0.1) is 6.92 Å². The summed E-state index contributed by atoms with van der Waals surface area (Å²) in [5, 5.41) is 4.24. The number of benzene rings is 1. The molecule has 0 bridgehead atoms. The van der Waals surface area contributed by atoms with Crippen molar-refractivity contribution in [2.24, 2.45) is 0 Å². The fourth-order valence-corrected chi connectivity index (χ4v) is 2.78. The van der Waals surface area contributed by atoms with Crippen molar-refractivity contribution in [3.05, 3.63) is 35.0 Å². The largest absolute Gasteiger partial charge is 0.497 e. The second kappa shape index (κ2) is 5.29. The van der Waals surface area contributed by atoms with E-state index >= 15 is 0 Å². The minimum Gasteiger partial charge on any atom is -0.497 e. The molecule has 0 aliphatic rings. The fourth-order valence-electron chi connectivity index (χ4n) is 1.71. The molecule has 1 aromatic heterocycles. The monoisotopic (exact) mass is 248 g/mol. The number of thiazole rings is 1. The van der Waals surface area contributed by atoms with Gasteiger partial charge in [0.25, 0.3) is 0 Å². The molecule has 0 aliphatic carbocycles. The molecule has 3 nitrogen and oxygen atoms in total. The van der Waals surface area contributed by atoms with Gasteiger partial charge in [0.05, 0.1) is 17.7 Å². The van der Waals surface area contributed by atoms with Gasteiger partial charge in [-0.1, -0.05) is 12.1 Å². The molecule has 0 unspecified atom stereocenters. The molecule has 0 spiro atoms. The van der Waals surface area contributed by atoms with Crippen LogP contribution in [0.2, 0.25) is 0 Å². The molecule has 2 rings (SSSR count). The Morgan fingerprint density at radius 2 is 2.24 bits per heavy atom. The lowest BCUT2D eigenvalue weighted by molar-refractivity contribution is 0.415. The predicted molar refractivity (Wildman–Crippen MR) is 71.6 cm³/mol. The molecular formula is C13H16N2OS. The van der Waals surface area contributed by atoms with E-state index in [1.807, 2.05) is 32.2 Å². The molecule has 2 aromatic rings. The summed E-state index contributed by atoms with van der Waals surface area (Å²) < 4.78 is 5.24. The molecule has 0 saturated carbocycles. The lowest BCUT2D eigenvalue weighted by Gasteiger charge is -2.02. The minimum absolute atomic E-state index is 0.815. The fraction of sp³-hybridized carbons (Fsp3) is 0.308. The maximum atomic E-state index is 5.24. The Bertz CT molecular complexity index is 508. The van der Waals surface area contributed by atoms with E-state index in [-0.39, 0.29) is 0 Å². The molecule has 4 heteroatoms. The van der Waals surface area contributed by atoms with Gasteiger partial charge < -0.3 is 10.1 Å². The number of nitrogens with zero attached hydrogens (tertiary/aromatic N) is 1. The summed E-state index contributed by atoms with van der Waals surface area (Å²) in [6, 6.07) is 8.09. The van der Waals surface area contributed by atoms with Gasteiger partial charge in [0.15, 0.2) is 0 Å². The van der Waals surface area contributed by atoms with E-state index in [2.05, 4.69) is 16.4 Å². The molecule has 1 N–H and O–H groups in total. The van der Waals surface area contributed by atoms with Crippen molar-refractivity contribution in [3.8, 4) is 16.2 Å². The number of ether oxygens (including phenoxy) is 1. The molecule has 0 amide bonds. The van der Waals surface area contributed by atoms with Gasteiger partial charge in [-0.05, 0) is 31.7 Å². The highest BCUT2D eigenvalue weighted by atomic mass is 32.1. The molecule has 0 radical (unpaired) electrons. The van der Waals surface area contributed by atoms with Crippen LogP contribution in [0.5, 0.6) is 5.75 Å². The molecule has 17 heavy (non-hydrogen) atoms. The van der Waals surface area contributed by atoms with E-state index in [9.17, 15) is 0 Å². The van der Waals surface area contributed by atoms with Gasteiger partial charge in [0.1, 0.15) is 10.8 Å². The molecular weight excluding hydrogens is 232 g/mol. The van der Waals surface area contributed by atoms with Gasteiger partial charge in [-0.2, -0.15) is 0 Å². The molecule has 1 heterocycles. The first-order valence-corrected chi connectivity index (χ1v) is 6.31. The first-order chi connectivity index (χ1) is 8.24. The maximum absolute atomic E-state index is 5.24. The van der Waals surface area contributed by atoms with Crippen LogP contribution in [0.25, 0.3) is 10.4 Å². The molecule has 90 valence electrons. The van der Waals surface area contributed by atoms with Crippen molar-refractivity contribution in [1.29, 1.82) is 0 Å². The number of aryl methyl sites for hydroxylation is 1. The van der Waals surface area contributed by atoms with E-state index in [0.29, 0.717) is 0 Å². The van der Waals surface area contributed by atoms with E-state index in [0.717, 1.165) is 23.0 Å². The van der Waals surface area contributed by atoms with E-state index < -0.39 is 0 Å². The van der Waals surface area contributed by atoms with E-state index in [4.69, 9.17) is 4.74 Å². The maximum Gasteiger partial charge on any atom is 0.119 e. The number of hydrogen-bond acceptors (Lipinski definition) is 4. The topological polar surface area (TPSA) is 34.2 Å². The standard InChI is InChI=1S/C13H16N2OS/c1-9-13(17-12(15-9)8-14-2)10-5-4-6-11(7-10)16-3/h4-7,14H,8H2,1-3H3. The third-order valence-corrected chi connectivity index (χ3v) is 3.71. The van der Waals surface area contributed by atoms with Gasteiger partial charge in [-0.25, -0.2) is 4.98 Å². The summed E-state index contributed by atoms with van der Waals surface area (Å²) in [5.74, 6) is 0.880. The normalized spacial score (nSPS) is 10.5. The smallest absolute Gasteiger partial charge is 0.119 e. The average Bonchev–Trinajstić information content (AvgIpc) is 2.71. The second-order valence-corrected chi connectivity index (χ2v) is 4.87. The average molecular weight is 248 g/mol. The van der Waals surface area contributed by atoms with Crippen molar-refractivity contribution < 1.29 is 4.74 Å². The summed E-state index contributed by atoms with van der Waals surface area (Å²) in [7, 11) is 3.62. The van der Waals surface area contributed by atoms with Gasteiger partial charge in [0.2, 0.25) is 0 Å². The predicted octanol–water partition coefficient (Wildman–Crippen LogP) is 2.85. The summed E-state index contributed by atoms with van der Waals surface area (Å²) >= 11 is 1.73. The van der Waals surface area contributed by atoms with Crippen LogP contribution in [0.3, 0.4) is 0 Å². The molecule has 0 atom stereocenters. The van der Waals surface area contributed by atoms with Crippen LogP contribution in [-0.4, -0.2) is 19.1 Å². The number of methoxy groups -OCH3 is 1. The number of rotatable bonds is 4. The van der Waals surface area contributed by atoms with Crippen LogP contribution in [0.15, 0.2) is 24.3 Å². The summed E-state index contributed by atoms with van der Waals surface area (Å²) in [6.07, 6.45) is 0. The van der Waals surface area contributed by atoms with Gasteiger partial charge in [-0.3, -0.25) is 0 Å². The van der Waals surface area contributed by atoms with Gasteiger partial charge in [0, 0.05) is 6.54 Å². The Hall–Kier alpha value is -1.39. The number of aromatic nitrogens is 1. The zero-order valence-electron chi connectivity index (χ0n) is 10.3. The first-order valence-electron chi connectivity index (χ1n) is 5.50. The highest BCUT2D eigenvalue weighted by molar-refractivity contribution is 7.15. The lowest BCUT2D eigenvalue weighted by Crippen LogP contribution is -2.04. The summed E-state index contributed by atoms with van der Waals surface area (Å²) in [6.45, 7) is 2.86. The van der Waals surface area contributed by atoms with Crippen molar-refractivity contribution >= 4 is 11.3 Å². The van der Waals surface area contributed by atoms with Crippen molar-refractivity contribution in [3.63, 3.8) is 0 Å². The van der Waals surface area contributed by atoms with Crippen LogP contribution in [-0.2, 0) is 6.54 Å². The summed E-state index contributed by atoms with van der Waals surface area (Å²) in [4.78, 5) is 5.76. The van der Waals surface area contributed by atoms with E-state index in [1.165, 1.54) is 10.4 Å². The third kappa shape index (κ3) is 2.65. The van der Waals surface area contributed by atoms with Crippen LogP contribution in [0.4, 0.5) is 0 Å². The van der Waals surface area contributed by atoms with Crippen LogP contribution >= 0.6 is 11.3 Å². The zero-order chi connectivity index (χ0) is 12.3. The Kier molecular flexibility index (Phi) is 3.76. The Labute approximate surface area is 105 Å². The SMILES string of the molecule is CNCc1nc(C)c(-c2cccc(OC)c2)s1. The molecule has 0 aliphatic heterocycles. The van der Waals surface area contributed by atoms with E-state index in [1.54, 1.807) is 18.4 Å². The molecule has 0 saturated heterocycles. The zero-order valence-corrected chi connectivity index (χ0v) is 11.1. The Balaban J connectivity index is 2.37. The Morgan fingerprint density at radius 1 is 1.41 bits per heavy atom. The summed E-state index contributed by atoms with van der Waals surface area (Å²) in [5.41, 5.74) is 2.25. The second-order valence-electron chi connectivity index (χ2n) is 3.78. The minimum atomic E-state index is 0.815. The van der Waals surface area contributed by atoms with Crippen molar-refractivity contribution in [1.82, 2.24) is 10.3 Å². The van der Waals surface area contributed by atoms with Gasteiger partial charge in [-0.15, -0.1) is 11.3 Å². The molecule has 0 fully saturated rings. The first kappa shape index (κ1) is 12.1. The highest BCUT2D eigenvalue weighted by Gasteiger charge is 2.09. The van der Waals surface area contributed by atoms with Crippen LogP contribution < -0.4 is 10.1 Å². The van der Waals surface area contributed by atoms with Gasteiger partial charge >= 0.3 is 0 Å². The van der Waals surface area contributed by atoms with Crippen molar-refractivity contribution in [2.75, 3.05) is 14.2 Å². The van der Waals surface area contributed by atoms with Crippen molar-refractivity contribution in [2.45, 2.75) is 13.5 Å².